The van der Waals surface area contributed by atoms with Crippen molar-refractivity contribution in [2.45, 2.75) is 51.4 Å². The van der Waals surface area contributed by atoms with E-state index in [2.05, 4.69) is 13.0 Å². The third kappa shape index (κ3) is 2.31. The minimum Gasteiger partial charge on any atom is -0.426 e. The highest BCUT2D eigenvalue weighted by Crippen LogP contribution is 2.59. The molecule has 1 aromatic carbocycles. The predicted octanol–water partition coefficient (Wildman–Crippen LogP) is 2.98. The molecule has 0 radical (unpaired) electrons. The molecule has 4 atom stereocenters. The Bertz CT molecular complexity index is 698. The molecule has 3 aliphatic carbocycles. The number of nitrogens with two attached hydrogens (primary N) is 1. The molecule has 0 bridgehead atoms. The monoisotopic (exact) mass is 327 g/mol. The molecule has 2 saturated carbocycles. The van der Waals surface area contributed by atoms with E-state index in [-0.39, 0.29) is 12.0 Å². The number of hydrogen-bond donors (Lipinski definition) is 1. The zero-order chi connectivity index (χ0) is 16.9. The van der Waals surface area contributed by atoms with Crippen LogP contribution in [0.1, 0.15) is 56.1 Å². The van der Waals surface area contributed by atoms with Crippen LogP contribution < -0.4 is 10.5 Å². The van der Waals surface area contributed by atoms with E-state index in [9.17, 15) is 9.59 Å². The summed E-state index contributed by atoms with van der Waals surface area (Å²) in [5.74, 6) is 2.41. The van der Waals surface area contributed by atoms with Gasteiger partial charge in [-0.2, -0.15) is 0 Å². The molecule has 3 aliphatic rings. The van der Waals surface area contributed by atoms with E-state index in [1.54, 1.807) is 0 Å². The van der Waals surface area contributed by atoms with E-state index < -0.39 is 5.97 Å². The first-order chi connectivity index (χ1) is 11.5. The van der Waals surface area contributed by atoms with Gasteiger partial charge in [0.25, 0.3) is 0 Å². The van der Waals surface area contributed by atoms with Gasteiger partial charge in [-0.25, -0.2) is 0 Å². The molecule has 4 nitrogen and oxygen atoms in total. The molecule has 0 saturated heterocycles. The summed E-state index contributed by atoms with van der Waals surface area (Å²) in [5.41, 5.74) is 7.94. The first-order valence-corrected chi connectivity index (χ1v) is 9.10. The van der Waals surface area contributed by atoms with Crippen molar-refractivity contribution in [3.8, 4) is 5.75 Å². The molecule has 0 unspecified atom stereocenters. The lowest BCUT2D eigenvalue weighted by atomic mass is 9.55. The Balaban J connectivity index is 1.61. The fourth-order valence-electron chi connectivity index (χ4n) is 5.57. The second-order valence-electron chi connectivity index (χ2n) is 7.87. The quantitative estimate of drug-likeness (QED) is 0.670. The van der Waals surface area contributed by atoms with E-state index in [0.29, 0.717) is 29.3 Å². The molecule has 2 N–H and O–H groups in total. The van der Waals surface area contributed by atoms with Crippen molar-refractivity contribution in [2.75, 3.05) is 6.54 Å². The van der Waals surface area contributed by atoms with Crippen LogP contribution in [0, 0.1) is 17.3 Å². The molecule has 1 aromatic rings. The number of benzene rings is 1. The molecule has 2 fully saturated rings. The van der Waals surface area contributed by atoms with Crippen LogP contribution in [-0.4, -0.2) is 18.3 Å². The van der Waals surface area contributed by atoms with E-state index >= 15 is 0 Å². The largest absolute Gasteiger partial charge is 0.426 e. The summed E-state index contributed by atoms with van der Waals surface area (Å²) in [5, 5.41) is 0. The van der Waals surface area contributed by atoms with Crippen LogP contribution in [0.5, 0.6) is 5.75 Å². The third-order valence-electron chi connectivity index (χ3n) is 6.81. The molecule has 24 heavy (non-hydrogen) atoms. The highest BCUT2D eigenvalue weighted by molar-refractivity contribution is 5.87. The van der Waals surface area contributed by atoms with Gasteiger partial charge in [0.1, 0.15) is 11.5 Å². The van der Waals surface area contributed by atoms with Crippen LogP contribution in [0.2, 0.25) is 0 Å². The maximum atomic E-state index is 12.4. The van der Waals surface area contributed by atoms with Gasteiger partial charge in [0.05, 0.1) is 6.54 Å². The Morgan fingerprint density at radius 2 is 2.12 bits per heavy atom. The smallest absolute Gasteiger partial charge is 0.325 e. The van der Waals surface area contributed by atoms with Crippen LogP contribution in [-0.2, 0) is 16.0 Å². The number of aryl methyl sites for hydroxylation is 1. The van der Waals surface area contributed by atoms with E-state index in [1.807, 2.05) is 12.1 Å². The van der Waals surface area contributed by atoms with Crippen molar-refractivity contribution in [3.05, 3.63) is 29.3 Å². The lowest BCUT2D eigenvalue weighted by Gasteiger charge is -2.48. The normalized spacial score (nSPS) is 34.2. The molecular formula is C20H25NO3. The highest BCUT2D eigenvalue weighted by Gasteiger charge is 2.54. The number of Topliss-reactive ketones (excluding diaryl/α,β-unsaturated/α-hetero) is 1. The summed E-state index contributed by atoms with van der Waals surface area (Å²) in [6.07, 6.45) is 6.09. The summed E-state index contributed by atoms with van der Waals surface area (Å²) in [7, 11) is 0. The number of ketones is 1. The van der Waals surface area contributed by atoms with Gasteiger partial charge in [-0.1, -0.05) is 13.0 Å². The molecule has 128 valence electrons. The number of hydrogen-bond acceptors (Lipinski definition) is 4. The van der Waals surface area contributed by atoms with E-state index in [0.717, 1.165) is 38.5 Å². The first kappa shape index (κ1) is 15.8. The molecular weight excluding hydrogens is 302 g/mol. The molecule has 0 amide bonds. The van der Waals surface area contributed by atoms with Gasteiger partial charge in [0.2, 0.25) is 0 Å². The minimum absolute atomic E-state index is 0.0741. The molecule has 0 heterocycles. The van der Waals surface area contributed by atoms with E-state index in [4.69, 9.17) is 10.5 Å². The van der Waals surface area contributed by atoms with Crippen molar-refractivity contribution in [2.24, 2.45) is 23.0 Å². The van der Waals surface area contributed by atoms with Gasteiger partial charge in [0.15, 0.2) is 0 Å². The maximum Gasteiger partial charge on any atom is 0.325 e. The van der Waals surface area contributed by atoms with Crippen LogP contribution in [0.4, 0.5) is 0 Å². The van der Waals surface area contributed by atoms with Crippen molar-refractivity contribution in [1.82, 2.24) is 0 Å². The van der Waals surface area contributed by atoms with Gasteiger partial charge >= 0.3 is 5.97 Å². The Kier molecular flexibility index (Phi) is 3.75. The summed E-state index contributed by atoms with van der Waals surface area (Å²) < 4.78 is 5.26. The first-order valence-electron chi connectivity index (χ1n) is 9.10. The van der Waals surface area contributed by atoms with Gasteiger partial charge in [0, 0.05) is 11.8 Å². The zero-order valence-electron chi connectivity index (χ0n) is 14.2. The number of ether oxygens (including phenoxy) is 1. The van der Waals surface area contributed by atoms with Crippen LogP contribution >= 0.6 is 0 Å². The second-order valence-corrected chi connectivity index (χ2v) is 7.87. The topological polar surface area (TPSA) is 69.4 Å². The Morgan fingerprint density at radius 1 is 1.29 bits per heavy atom. The maximum absolute atomic E-state index is 12.4. The molecule has 4 heteroatoms. The molecule has 0 aliphatic heterocycles. The Morgan fingerprint density at radius 3 is 2.92 bits per heavy atom. The number of esters is 1. The van der Waals surface area contributed by atoms with Crippen LogP contribution in [0.15, 0.2) is 18.2 Å². The van der Waals surface area contributed by atoms with Crippen molar-refractivity contribution >= 4 is 11.8 Å². The Hall–Kier alpha value is -1.68. The van der Waals surface area contributed by atoms with Crippen molar-refractivity contribution in [3.63, 3.8) is 0 Å². The van der Waals surface area contributed by atoms with Gasteiger partial charge in [-0.15, -0.1) is 0 Å². The lowest BCUT2D eigenvalue weighted by molar-refractivity contribution is -0.132. The van der Waals surface area contributed by atoms with E-state index in [1.165, 1.54) is 11.1 Å². The second kappa shape index (κ2) is 5.69. The number of fused-ring (bicyclic) bond motifs is 5. The highest BCUT2D eigenvalue weighted by atomic mass is 16.5. The van der Waals surface area contributed by atoms with Crippen molar-refractivity contribution < 1.29 is 14.3 Å². The zero-order valence-corrected chi connectivity index (χ0v) is 14.2. The number of carbonyl (C=O) groups is 2. The van der Waals surface area contributed by atoms with Gasteiger partial charge < -0.3 is 10.5 Å². The van der Waals surface area contributed by atoms with Crippen molar-refractivity contribution in [1.29, 1.82) is 0 Å². The molecule has 0 spiro atoms. The molecule has 0 aromatic heterocycles. The van der Waals surface area contributed by atoms with Gasteiger partial charge in [-0.05, 0) is 73.1 Å². The molecule has 4 rings (SSSR count). The fraction of sp³-hybridized carbons (Fsp3) is 0.600. The van der Waals surface area contributed by atoms with Gasteiger partial charge in [-0.3, -0.25) is 9.59 Å². The standard InChI is InChI=1S/C20H25NO3/c1-20-9-8-15-14-5-3-13(24-19(23)11-21)10-12(14)2-4-16(15)17(20)6-7-18(20)22/h3,5,10,15-17H,2,4,6-9,11,21H2,1H3/t15-,16-,17+,20+/m1/s1. The summed E-state index contributed by atoms with van der Waals surface area (Å²) >= 11 is 0. The Labute approximate surface area is 142 Å². The SMILES string of the molecule is C[C@]12CC[C@@H]3c4ccc(OC(=O)CN)cc4CC[C@H]3[C@@H]1CCC2=O. The third-order valence-corrected chi connectivity index (χ3v) is 6.81. The summed E-state index contributed by atoms with van der Waals surface area (Å²) in [6, 6.07) is 6.03. The summed E-state index contributed by atoms with van der Waals surface area (Å²) in [4.78, 5) is 23.8. The lowest BCUT2D eigenvalue weighted by Crippen LogP contribution is -2.42. The average Bonchev–Trinajstić information content (AvgIpc) is 2.89. The number of carbonyl (C=O) groups excluding carboxylic acids is 2. The van der Waals surface area contributed by atoms with Crippen LogP contribution in [0.3, 0.4) is 0 Å². The average molecular weight is 327 g/mol. The number of rotatable bonds is 2. The summed E-state index contributed by atoms with van der Waals surface area (Å²) in [6.45, 7) is 2.10. The predicted molar refractivity (Wildman–Crippen MR) is 90.8 cm³/mol. The minimum atomic E-state index is -0.401. The van der Waals surface area contributed by atoms with Crippen LogP contribution in [0.25, 0.3) is 0 Å². The fourth-order valence-corrected chi connectivity index (χ4v) is 5.57.